The molecule has 2 rings (SSSR count). The van der Waals surface area contributed by atoms with Gasteiger partial charge < -0.3 is 5.73 Å². The molecule has 0 bridgehead atoms. The molecule has 1 aromatic heterocycles. The van der Waals surface area contributed by atoms with E-state index in [0.717, 1.165) is 16.1 Å². The fraction of sp³-hybridized carbons (Fsp3) is 0.200. The molecule has 2 aromatic rings. The van der Waals surface area contributed by atoms with Crippen LogP contribution in [0.25, 0.3) is 10.1 Å². The maximum atomic E-state index is 6.08. The highest BCUT2D eigenvalue weighted by atomic mass is 35.5. The van der Waals surface area contributed by atoms with Crippen molar-refractivity contribution in [2.24, 2.45) is 0 Å². The molecule has 0 saturated heterocycles. The molecule has 0 radical (unpaired) electrons. The molecule has 0 atom stereocenters. The van der Waals surface area contributed by atoms with E-state index in [-0.39, 0.29) is 0 Å². The molecule has 1 nitrogen and oxygen atoms in total. The molecular formula is C10H10ClNS2. The van der Waals surface area contributed by atoms with Crippen molar-refractivity contribution in [3.63, 3.8) is 0 Å². The number of anilines is 1. The topological polar surface area (TPSA) is 26.0 Å². The molecule has 0 aliphatic carbocycles. The molecule has 4 heteroatoms. The van der Waals surface area contributed by atoms with Gasteiger partial charge in [-0.15, -0.1) is 34.7 Å². The Labute approximate surface area is 96.2 Å². The molecule has 1 heterocycles. The van der Waals surface area contributed by atoms with Crippen LogP contribution in [0.5, 0.6) is 0 Å². The van der Waals surface area contributed by atoms with Gasteiger partial charge in [-0.1, -0.05) is 0 Å². The highest BCUT2D eigenvalue weighted by Crippen LogP contribution is 2.37. The van der Waals surface area contributed by atoms with Crippen LogP contribution in [0.3, 0.4) is 0 Å². The Kier molecular flexibility index (Phi) is 2.91. The average molecular weight is 244 g/mol. The minimum Gasteiger partial charge on any atom is -0.397 e. The van der Waals surface area contributed by atoms with Gasteiger partial charge >= 0.3 is 0 Å². The van der Waals surface area contributed by atoms with E-state index in [1.807, 2.05) is 6.26 Å². The van der Waals surface area contributed by atoms with Crippen molar-refractivity contribution in [1.82, 2.24) is 0 Å². The monoisotopic (exact) mass is 243 g/mol. The summed E-state index contributed by atoms with van der Waals surface area (Å²) in [5, 5.41) is 3.25. The first-order chi connectivity index (χ1) is 6.77. The summed E-state index contributed by atoms with van der Waals surface area (Å²) in [7, 11) is 0. The largest absolute Gasteiger partial charge is 0.397 e. The van der Waals surface area contributed by atoms with Gasteiger partial charge in [0.1, 0.15) is 0 Å². The predicted octanol–water partition coefficient (Wildman–Crippen LogP) is 3.94. The Balaban J connectivity index is 2.79. The first kappa shape index (κ1) is 10.1. The van der Waals surface area contributed by atoms with Crippen molar-refractivity contribution in [2.75, 3.05) is 12.0 Å². The molecule has 1 aromatic carbocycles. The van der Waals surface area contributed by atoms with Crippen LogP contribution in [0.4, 0.5) is 5.69 Å². The fourth-order valence-electron chi connectivity index (χ4n) is 1.52. The lowest BCUT2D eigenvalue weighted by Crippen LogP contribution is -1.93. The third-order valence-electron chi connectivity index (χ3n) is 2.15. The van der Waals surface area contributed by atoms with E-state index in [1.54, 1.807) is 23.1 Å². The van der Waals surface area contributed by atoms with Crippen LogP contribution >= 0.6 is 34.7 Å². The van der Waals surface area contributed by atoms with Gasteiger partial charge in [0.2, 0.25) is 0 Å². The zero-order valence-electron chi connectivity index (χ0n) is 7.71. The Bertz CT molecular complexity index is 464. The second kappa shape index (κ2) is 4.01. The van der Waals surface area contributed by atoms with E-state index in [1.165, 1.54) is 10.1 Å². The zero-order valence-corrected chi connectivity index (χ0v) is 10.1. The highest BCUT2D eigenvalue weighted by Gasteiger charge is 2.10. The number of rotatable bonds is 2. The lowest BCUT2D eigenvalue weighted by molar-refractivity contribution is 1.29. The lowest BCUT2D eigenvalue weighted by atomic mass is 10.1. The van der Waals surface area contributed by atoms with Crippen LogP contribution in [0.1, 0.15) is 5.56 Å². The van der Waals surface area contributed by atoms with Gasteiger partial charge in [0.15, 0.2) is 0 Å². The van der Waals surface area contributed by atoms with Crippen LogP contribution in [0.2, 0.25) is 0 Å². The second-order valence-electron chi connectivity index (χ2n) is 2.96. The van der Waals surface area contributed by atoms with Gasteiger partial charge in [-0.25, -0.2) is 0 Å². The molecule has 14 heavy (non-hydrogen) atoms. The van der Waals surface area contributed by atoms with E-state index >= 15 is 0 Å². The van der Waals surface area contributed by atoms with Crippen LogP contribution < -0.4 is 5.73 Å². The van der Waals surface area contributed by atoms with Crippen LogP contribution in [-0.4, -0.2) is 6.26 Å². The Morgan fingerprint density at radius 3 is 3.00 bits per heavy atom. The minimum atomic E-state index is 0.520. The number of fused-ring (bicyclic) bond motifs is 1. The van der Waals surface area contributed by atoms with Crippen molar-refractivity contribution in [3.8, 4) is 0 Å². The van der Waals surface area contributed by atoms with Crippen LogP contribution in [-0.2, 0) is 5.88 Å². The average Bonchev–Trinajstić information content (AvgIpc) is 2.65. The number of thiophene rings is 1. The number of thioether (sulfide) groups is 1. The molecule has 0 aliphatic heterocycles. The Hall–Kier alpha value is -0.380. The van der Waals surface area contributed by atoms with Crippen LogP contribution in [0, 0.1) is 0 Å². The summed E-state index contributed by atoms with van der Waals surface area (Å²) in [4.78, 5) is 1.12. The molecular weight excluding hydrogens is 234 g/mol. The maximum absolute atomic E-state index is 6.08. The third kappa shape index (κ3) is 1.49. The molecule has 0 spiro atoms. The van der Waals surface area contributed by atoms with Crippen molar-refractivity contribution in [2.45, 2.75) is 10.8 Å². The SMILES string of the molecule is CSc1c(CCl)cc2ccsc2c1N. The molecule has 0 fully saturated rings. The molecule has 0 amide bonds. The van der Waals surface area contributed by atoms with Crippen molar-refractivity contribution >= 4 is 50.5 Å². The number of hydrogen-bond acceptors (Lipinski definition) is 3. The van der Waals surface area contributed by atoms with E-state index in [9.17, 15) is 0 Å². The smallest absolute Gasteiger partial charge is 0.0636 e. The van der Waals surface area contributed by atoms with Crippen molar-refractivity contribution in [3.05, 3.63) is 23.1 Å². The van der Waals surface area contributed by atoms with E-state index in [2.05, 4.69) is 17.5 Å². The van der Waals surface area contributed by atoms with Gasteiger partial charge in [0, 0.05) is 10.8 Å². The molecule has 0 unspecified atom stereocenters. The molecule has 0 aliphatic rings. The zero-order chi connectivity index (χ0) is 10.1. The summed E-state index contributed by atoms with van der Waals surface area (Å²) in [5.74, 6) is 0.520. The lowest BCUT2D eigenvalue weighted by Gasteiger charge is -2.08. The summed E-state index contributed by atoms with van der Waals surface area (Å²) in [6.07, 6.45) is 2.03. The number of halogens is 1. The second-order valence-corrected chi connectivity index (χ2v) is 4.96. The quantitative estimate of drug-likeness (QED) is 0.491. The van der Waals surface area contributed by atoms with Gasteiger partial charge in [-0.05, 0) is 34.7 Å². The Morgan fingerprint density at radius 1 is 1.57 bits per heavy atom. The fourth-order valence-corrected chi connectivity index (χ4v) is 3.43. The maximum Gasteiger partial charge on any atom is 0.0636 e. The number of hydrogen-bond donors (Lipinski definition) is 1. The molecule has 2 N–H and O–H groups in total. The standard InChI is InChI=1S/C10H10ClNS2/c1-13-9-7(5-11)4-6-2-3-14-10(6)8(9)12/h2-4H,5,12H2,1H3. The van der Waals surface area contributed by atoms with Gasteiger partial charge in [0.05, 0.1) is 10.4 Å². The van der Waals surface area contributed by atoms with E-state index in [4.69, 9.17) is 17.3 Å². The van der Waals surface area contributed by atoms with Gasteiger partial charge in [0.25, 0.3) is 0 Å². The van der Waals surface area contributed by atoms with Gasteiger partial charge in [-0.2, -0.15) is 0 Å². The van der Waals surface area contributed by atoms with Crippen molar-refractivity contribution < 1.29 is 0 Å². The molecule has 0 saturated carbocycles. The highest BCUT2D eigenvalue weighted by molar-refractivity contribution is 7.98. The number of nitrogens with two attached hydrogens (primary N) is 1. The van der Waals surface area contributed by atoms with Crippen LogP contribution in [0.15, 0.2) is 22.4 Å². The third-order valence-corrected chi connectivity index (χ3v) is 4.30. The van der Waals surface area contributed by atoms with E-state index < -0.39 is 0 Å². The minimum absolute atomic E-state index is 0.520. The van der Waals surface area contributed by atoms with Crippen molar-refractivity contribution in [1.29, 1.82) is 0 Å². The first-order valence-corrected chi connectivity index (χ1v) is 6.80. The summed E-state index contributed by atoms with van der Waals surface area (Å²) in [6, 6.07) is 4.21. The van der Waals surface area contributed by atoms with Gasteiger partial charge in [-0.3, -0.25) is 0 Å². The summed E-state index contributed by atoms with van der Waals surface area (Å²) < 4.78 is 1.17. The summed E-state index contributed by atoms with van der Waals surface area (Å²) >= 11 is 9.23. The summed E-state index contributed by atoms with van der Waals surface area (Å²) in [6.45, 7) is 0. The number of nitrogen functional groups attached to an aromatic ring is 1. The number of benzene rings is 1. The number of alkyl halides is 1. The van der Waals surface area contributed by atoms with E-state index in [0.29, 0.717) is 5.88 Å². The Morgan fingerprint density at radius 2 is 2.36 bits per heavy atom. The predicted molar refractivity (Wildman–Crippen MR) is 67.6 cm³/mol. The first-order valence-electron chi connectivity index (χ1n) is 4.16. The molecule has 74 valence electrons. The summed E-state index contributed by atoms with van der Waals surface area (Å²) in [5.41, 5.74) is 8.08. The normalized spacial score (nSPS) is 11.0.